The average Bonchev–Trinajstić information content (AvgIpc) is 2.70. The summed E-state index contributed by atoms with van der Waals surface area (Å²) in [4.78, 5) is 16.4. The second-order valence-electron chi connectivity index (χ2n) is 5.72. The van der Waals surface area contributed by atoms with Crippen molar-refractivity contribution in [3.8, 4) is 11.8 Å². The third-order valence-electron chi connectivity index (χ3n) is 3.92. The Morgan fingerprint density at radius 3 is 2.95 bits per heavy atom. The summed E-state index contributed by atoms with van der Waals surface area (Å²) in [6.07, 6.45) is 7.38. The molecule has 1 fully saturated rings. The van der Waals surface area contributed by atoms with Gasteiger partial charge in [-0.05, 0) is 37.3 Å². The van der Waals surface area contributed by atoms with Gasteiger partial charge in [0.15, 0.2) is 0 Å². The Labute approximate surface area is 126 Å². The van der Waals surface area contributed by atoms with Gasteiger partial charge in [0.2, 0.25) is 0 Å². The molecule has 0 aliphatic heterocycles. The molecule has 3 N–H and O–H groups in total. The molecule has 1 aliphatic carbocycles. The van der Waals surface area contributed by atoms with Crippen LogP contribution in [0, 0.1) is 17.8 Å². The first-order valence-electron chi connectivity index (χ1n) is 7.65. The number of nitrogens with zero attached hydrogens (tertiary/aromatic N) is 1. The van der Waals surface area contributed by atoms with E-state index in [1.807, 2.05) is 0 Å². The van der Waals surface area contributed by atoms with Crippen LogP contribution in [0.25, 0.3) is 0 Å². The van der Waals surface area contributed by atoms with Gasteiger partial charge >= 0.3 is 0 Å². The maximum Gasteiger partial charge on any atom is 0.270 e. The Bertz CT molecular complexity index is 527. The Balaban J connectivity index is 1.93. The van der Waals surface area contributed by atoms with Crippen molar-refractivity contribution in [1.29, 1.82) is 0 Å². The molecule has 0 saturated heterocycles. The van der Waals surface area contributed by atoms with E-state index in [9.17, 15) is 4.79 Å². The molecule has 4 heteroatoms. The summed E-state index contributed by atoms with van der Waals surface area (Å²) in [5, 5.41) is 3.10. The lowest BCUT2D eigenvalue weighted by Gasteiger charge is -2.16. The monoisotopic (exact) mass is 285 g/mol. The van der Waals surface area contributed by atoms with Crippen molar-refractivity contribution < 1.29 is 4.79 Å². The Kier molecular flexibility index (Phi) is 5.77. The summed E-state index contributed by atoms with van der Waals surface area (Å²) in [5.74, 6) is 6.34. The van der Waals surface area contributed by atoms with Gasteiger partial charge in [-0.2, -0.15) is 0 Å². The highest BCUT2D eigenvalue weighted by Gasteiger charge is 2.18. The van der Waals surface area contributed by atoms with Gasteiger partial charge in [-0.3, -0.25) is 4.79 Å². The van der Waals surface area contributed by atoms with Crippen LogP contribution in [0.1, 0.15) is 55.1 Å². The molecule has 2 atom stereocenters. The first kappa shape index (κ1) is 15.5. The molecule has 0 bridgehead atoms. The van der Waals surface area contributed by atoms with Crippen LogP contribution >= 0.6 is 0 Å². The zero-order chi connectivity index (χ0) is 15.1. The SMILES string of the molecule is CC1CCCC(NC(=O)c2ccc(C#CCN)cn2)CC1. The first-order valence-corrected chi connectivity index (χ1v) is 7.65. The molecule has 2 unspecified atom stereocenters. The summed E-state index contributed by atoms with van der Waals surface area (Å²) in [7, 11) is 0. The molecule has 21 heavy (non-hydrogen) atoms. The predicted molar refractivity (Wildman–Crippen MR) is 83.7 cm³/mol. The summed E-state index contributed by atoms with van der Waals surface area (Å²) < 4.78 is 0. The van der Waals surface area contributed by atoms with Gasteiger partial charge in [0.1, 0.15) is 5.69 Å². The molecular weight excluding hydrogens is 262 g/mol. The van der Waals surface area contributed by atoms with E-state index in [0.717, 1.165) is 24.3 Å². The molecule has 1 heterocycles. The quantitative estimate of drug-likeness (QED) is 0.646. The molecule has 0 radical (unpaired) electrons. The summed E-state index contributed by atoms with van der Waals surface area (Å²) in [5.41, 5.74) is 6.55. The number of carbonyl (C=O) groups is 1. The number of hydrogen-bond acceptors (Lipinski definition) is 3. The highest BCUT2D eigenvalue weighted by Crippen LogP contribution is 2.22. The van der Waals surface area contributed by atoms with E-state index in [2.05, 4.69) is 29.1 Å². The molecule has 112 valence electrons. The van der Waals surface area contributed by atoms with Crippen LogP contribution in [0.2, 0.25) is 0 Å². The number of carbonyl (C=O) groups excluding carboxylic acids is 1. The Hall–Kier alpha value is -1.86. The van der Waals surface area contributed by atoms with Crippen molar-refractivity contribution in [2.45, 2.75) is 45.1 Å². The maximum absolute atomic E-state index is 12.2. The number of amides is 1. The van der Waals surface area contributed by atoms with Gasteiger partial charge in [-0.15, -0.1) is 0 Å². The second kappa shape index (κ2) is 7.80. The third kappa shape index (κ3) is 4.87. The lowest BCUT2D eigenvalue weighted by Crippen LogP contribution is -2.34. The number of nitrogens with two attached hydrogens (primary N) is 1. The fourth-order valence-corrected chi connectivity index (χ4v) is 2.65. The van der Waals surface area contributed by atoms with Gasteiger partial charge in [0.05, 0.1) is 6.54 Å². The highest BCUT2D eigenvalue weighted by molar-refractivity contribution is 5.92. The first-order chi connectivity index (χ1) is 10.2. The minimum absolute atomic E-state index is 0.0899. The number of pyridine rings is 1. The van der Waals surface area contributed by atoms with Crippen LogP contribution in [-0.2, 0) is 0 Å². The van der Waals surface area contributed by atoms with Gasteiger partial charge in [-0.25, -0.2) is 4.98 Å². The van der Waals surface area contributed by atoms with Gasteiger partial charge in [0, 0.05) is 17.8 Å². The van der Waals surface area contributed by atoms with Crippen molar-refractivity contribution in [3.63, 3.8) is 0 Å². The predicted octanol–water partition coefficient (Wildman–Crippen LogP) is 2.09. The minimum atomic E-state index is -0.0899. The zero-order valence-electron chi connectivity index (χ0n) is 12.6. The van der Waals surface area contributed by atoms with Crippen molar-refractivity contribution in [3.05, 3.63) is 29.6 Å². The molecule has 1 aromatic rings. The highest BCUT2D eigenvalue weighted by atomic mass is 16.1. The van der Waals surface area contributed by atoms with Crippen LogP contribution in [0.5, 0.6) is 0 Å². The lowest BCUT2D eigenvalue weighted by molar-refractivity contribution is 0.0928. The number of rotatable bonds is 2. The lowest BCUT2D eigenvalue weighted by atomic mass is 10.0. The number of hydrogen-bond donors (Lipinski definition) is 2. The second-order valence-corrected chi connectivity index (χ2v) is 5.72. The third-order valence-corrected chi connectivity index (χ3v) is 3.92. The van der Waals surface area contributed by atoms with Crippen molar-refractivity contribution in [1.82, 2.24) is 10.3 Å². The maximum atomic E-state index is 12.2. The molecule has 1 saturated carbocycles. The van der Waals surface area contributed by atoms with Crippen molar-refractivity contribution >= 4 is 5.91 Å². The van der Waals surface area contributed by atoms with Crippen LogP contribution < -0.4 is 11.1 Å². The van der Waals surface area contributed by atoms with E-state index >= 15 is 0 Å². The van der Waals surface area contributed by atoms with Gasteiger partial charge < -0.3 is 11.1 Å². The molecular formula is C17H23N3O. The molecule has 1 aliphatic rings. The van der Waals surface area contributed by atoms with E-state index in [-0.39, 0.29) is 11.9 Å². The Morgan fingerprint density at radius 2 is 2.24 bits per heavy atom. The smallest absolute Gasteiger partial charge is 0.270 e. The van der Waals surface area contributed by atoms with E-state index < -0.39 is 0 Å². The van der Waals surface area contributed by atoms with E-state index in [0.29, 0.717) is 12.2 Å². The fraction of sp³-hybridized carbons (Fsp3) is 0.529. The Morgan fingerprint density at radius 1 is 1.38 bits per heavy atom. The van der Waals surface area contributed by atoms with Crippen LogP contribution in [0.3, 0.4) is 0 Å². The van der Waals surface area contributed by atoms with Crippen molar-refractivity contribution in [2.24, 2.45) is 11.7 Å². The van der Waals surface area contributed by atoms with Crippen LogP contribution in [0.15, 0.2) is 18.3 Å². The van der Waals surface area contributed by atoms with Crippen molar-refractivity contribution in [2.75, 3.05) is 6.54 Å². The molecule has 2 rings (SSSR count). The summed E-state index contributed by atoms with van der Waals surface area (Å²) >= 11 is 0. The average molecular weight is 285 g/mol. The van der Waals surface area contributed by atoms with Gasteiger partial charge in [0.25, 0.3) is 5.91 Å². The molecule has 1 aromatic heterocycles. The standard InChI is InChI=1S/C17H23N3O/c1-13-4-2-6-15(9-7-13)20-17(21)16-10-8-14(12-19-16)5-3-11-18/h8,10,12-13,15H,2,4,6-7,9,11,18H2,1H3,(H,20,21). The summed E-state index contributed by atoms with van der Waals surface area (Å²) in [6.45, 7) is 2.61. The normalized spacial score (nSPS) is 21.8. The topological polar surface area (TPSA) is 68.0 Å². The summed E-state index contributed by atoms with van der Waals surface area (Å²) in [6, 6.07) is 3.80. The molecule has 0 aromatic carbocycles. The van der Waals surface area contributed by atoms with E-state index in [1.54, 1.807) is 18.3 Å². The van der Waals surface area contributed by atoms with E-state index in [1.165, 1.54) is 19.3 Å². The minimum Gasteiger partial charge on any atom is -0.348 e. The molecule has 1 amide bonds. The largest absolute Gasteiger partial charge is 0.348 e. The van der Waals surface area contributed by atoms with Gasteiger partial charge in [-0.1, -0.05) is 31.6 Å². The molecule has 0 spiro atoms. The van der Waals surface area contributed by atoms with Crippen LogP contribution in [0.4, 0.5) is 0 Å². The molecule has 4 nitrogen and oxygen atoms in total. The van der Waals surface area contributed by atoms with E-state index in [4.69, 9.17) is 5.73 Å². The fourth-order valence-electron chi connectivity index (χ4n) is 2.65. The number of aromatic nitrogens is 1. The zero-order valence-corrected chi connectivity index (χ0v) is 12.6. The van der Waals surface area contributed by atoms with Crippen LogP contribution in [-0.4, -0.2) is 23.5 Å². The number of nitrogens with one attached hydrogen (secondary N) is 1.